The number of nitrogens with zero attached hydrogens (tertiary/aromatic N) is 1. The smallest absolute Gasteiger partial charge is 0.428 e. The molecule has 0 saturated carbocycles. The van der Waals surface area contributed by atoms with Crippen molar-refractivity contribution in [1.29, 1.82) is 0 Å². The van der Waals surface area contributed by atoms with Crippen LogP contribution in [0.25, 0.3) is 0 Å². The van der Waals surface area contributed by atoms with Gasteiger partial charge >= 0.3 is 6.09 Å². The van der Waals surface area contributed by atoms with E-state index in [1.807, 2.05) is 61.5 Å². The molecule has 114 valence electrons. The molecule has 0 heterocycles. The van der Waals surface area contributed by atoms with E-state index < -0.39 is 6.09 Å². The first-order valence-electron chi connectivity index (χ1n) is 6.92. The molecule has 5 nitrogen and oxygen atoms in total. The summed E-state index contributed by atoms with van der Waals surface area (Å²) in [6.07, 6.45) is 0.868. The summed E-state index contributed by atoms with van der Waals surface area (Å²) >= 11 is 0. The first kappa shape index (κ1) is 15.6. The van der Waals surface area contributed by atoms with Gasteiger partial charge in [-0.15, -0.1) is 0 Å². The third-order valence-corrected chi connectivity index (χ3v) is 2.87. The number of carbonyl (C=O) groups is 1. The van der Waals surface area contributed by atoms with Gasteiger partial charge in [-0.2, -0.15) is 5.10 Å². The van der Waals surface area contributed by atoms with Crippen LogP contribution in [0.5, 0.6) is 5.75 Å². The van der Waals surface area contributed by atoms with Crippen LogP contribution in [0.4, 0.5) is 4.79 Å². The van der Waals surface area contributed by atoms with Gasteiger partial charge in [0, 0.05) is 0 Å². The lowest BCUT2D eigenvalue weighted by Gasteiger charge is -2.06. The molecular formula is C17H18N2O3. The molecule has 1 amide bonds. The maximum atomic E-state index is 11.4. The molecule has 0 aromatic heterocycles. The molecule has 2 aromatic carbocycles. The maximum absolute atomic E-state index is 11.4. The molecule has 0 bridgehead atoms. The van der Waals surface area contributed by atoms with Crippen LogP contribution in [0.15, 0.2) is 59.7 Å². The topological polar surface area (TPSA) is 59.9 Å². The van der Waals surface area contributed by atoms with E-state index in [2.05, 4.69) is 10.5 Å². The second kappa shape index (κ2) is 8.46. The molecule has 0 atom stereocenters. The van der Waals surface area contributed by atoms with Crippen LogP contribution in [0.1, 0.15) is 11.1 Å². The summed E-state index contributed by atoms with van der Waals surface area (Å²) in [5.41, 5.74) is 4.25. The fourth-order valence-corrected chi connectivity index (χ4v) is 1.74. The summed E-state index contributed by atoms with van der Waals surface area (Å²) in [6, 6.07) is 17.1. The van der Waals surface area contributed by atoms with Crippen molar-refractivity contribution >= 4 is 12.3 Å². The van der Waals surface area contributed by atoms with Gasteiger partial charge in [0.1, 0.15) is 19.0 Å². The summed E-state index contributed by atoms with van der Waals surface area (Å²) in [6.45, 7) is 2.44. The van der Waals surface area contributed by atoms with E-state index in [-0.39, 0.29) is 13.2 Å². The van der Waals surface area contributed by atoms with Crippen molar-refractivity contribution in [2.24, 2.45) is 5.10 Å². The predicted octanol–water partition coefficient (Wildman–Crippen LogP) is 3.29. The van der Waals surface area contributed by atoms with E-state index in [1.165, 1.54) is 6.21 Å². The van der Waals surface area contributed by atoms with Gasteiger partial charge in [0.05, 0.1) is 6.21 Å². The van der Waals surface area contributed by atoms with Crippen molar-refractivity contribution < 1.29 is 14.3 Å². The van der Waals surface area contributed by atoms with Gasteiger partial charge < -0.3 is 9.47 Å². The summed E-state index contributed by atoms with van der Waals surface area (Å²) in [4.78, 5) is 11.4. The fraction of sp³-hybridized carbons (Fsp3) is 0.176. The van der Waals surface area contributed by atoms with E-state index in [0.717, 1.165) is 16.9 Å². The summed E-state index contributed by atoms with van der Waals surface area (Å²) in [5.74, 6) is 0.792. The molecule has 0 saturated heterocycles. The molecule has 2 rings (SSSR count). The van der Waals surface area contributed by atoms with Crippen LogP contribution in [-0.4, -0.2) is 18.9 Å². The molecule has 0 spiro atoms. The highest BCUT2D eigenvalue weighted by molar-refractivity contribution is 5.69. The standard InChI is InChI=1S/C17H18N2O3/c1-14-7-5-6-10-16(14)21-12-11-18-19-17(20)22-13-15-8-3-2-4-9-15/h2-11H,12-13H2,1H3,(H,19,20)/b18-11-. The largest absolute Gasteiger partial charge is 0.488 e. The lowest BCUT2D eigenvalue weighted by atomic mass is 10.2. The average molecular weight is 298 g/mol. The number of amides is 1. The number of benzene rings is 2. The molecule has 0 aliphatic heterocycles. The first-order chi connectivity index (χ1) is 10.8. The molecule has 5 heteroatoms. The Morgan fingerprint density at radius 3 is 2.64 bits per heavy atom. The van der Waals surface area contributed by atoms with E-state index >= 15 is 0 Å². The Kier molecular flexibility index (Phi) is 5.99. The lowest BCUT2D eigenvalue weighted by Crippen LogP contribution is -2.19. The van der Waals surface area contributed by atoms with E-state index in [9.17, 15) is 4.79 Å². The Morgan fingerprint density at radius 2 is 1.86 bits per heavy atom. The lowest BCUT2D eigenvalue weighted by molar-refractivity contribution is 0.140. The molecule has 0 fully saturated rings. The normalized spacial score (nSPS) is 10.4. The highest BCUT2D eigenvalue weighted by atomic mass is 16.6. The van der Waals surface area contributed by atoms with Gasteiger partial charge in [0.2, 0.25) is 0 Å². The number of ether oxygens (including phenoxy) is 2. The van der Waals surface area contributed by atoms with Gasteiger partial charge in [-0.3, -0.25) is 0 Å². The number of para-hydroxylation sites is 1. The van der Waals surface area contributed by atoms with Crippen molar-refractivity contribution in [3.63, 3.8) is 0 Å². The monoisotopic (exact) mass is 298 g/mol. The van der Waals surface area contributed by atoms with Gasteiger partial charge in [0.25, 0.3) is 0 Å². The van der Waals surface area contributed by atoms with Crippen LogP contribution in [0, 0.1) is 6.92 Å². The van der Waals surface area contributed by atoms with E-state index in [0.29, 0.717) is 0 Å². The third-order valence-electron chi connectivity index (χ3n) is 2.87. The highest BCUT2D eigenvalue weighted by Crippen LogP contribution is 2.15. The van der Waals surface area contributed by atoms with Crippen LogP contribution in [0.3, 0.4) is 0 Å². The zero-order valence-corrected chi connectivity index (χ0v) is 12.4. The van der Waals surface area contributed by atoms with Crippen molar-refractivity contribution in [3.05, 3.63) is 65.7 Å². The van der Waals surface area contributed by atoms with Crippen LogP contribution >= 0.6 is 0 Å². The zero-order chi connectivity index (χ0) is 15.6. The number of hydrogen-bond donors (Lipinski definition) is 1. The minimum atomic E-state index is -0.601. The number of nitrogens with one attached hydrogen (secondary N) is 1. The van der Waals surface area contributed by atoms with Crippen LogP contribution < -0.4 is 10.2 Å². The van der Waals surface area contributed by atoms with Crippen LogP contribution in [0.2, 0.25) is 0 Å². The SMILES string of the molecule is Cc1ccccc1OC/C=N\NC(=O)OCc1ccccc1. The van der Waals surface area contributed by atoms with Crippen molar-refractivity contribution in [3.8, 4) is 5.75 Å². The second-order valence-corrected chi connectivity index (χ2v) is 4.56. The number of rotatable bonds is 6. The number of hydrazone groups is 1. The number of aryl methyl sites for hydroxylation is 1. The van der Waals surface area contributed by atoms with Crippen LogP contribution in [-0.2, 0) is 11.3 Å². The average Bonchev–Trinajstić information content (AvgIpc) is 2.55. The molecule has 0 unspecified atom stereocenters. The minimum Gasteiger partial charge on any atom is -0.488 e. The quantitative estimate of drug-likeness (QED) is 0.657. The molecule has 0 aliphatic rings. The van der Waals surface area contributed by atoms with Crippen molar-refractivity contribution in [1.82, 2.24) is 5.43 Å². The second-order valence-electron chi connectivity index (χ2n) is 4.56. The molecule has 22 heavy (non-hydrogen) atoms. The maximum Gasteiger partial charge on any atom is 0.428 e. The highest BCUT2D eigenvalue weighted by Gasteiger charge is 2.00. The van der Waals surface area contributed by atoms with Gasteiger partial charge in [-0.05, 0) is 24.1 Å². The van der Waals surface area contributed by atoms with Gasteiger partial charge in [-0.1, -0.05) is 48.5 Å². The first-order valence-corrected chi connectivity index (χ1v) is 6.92. The van der Waals surface area contributed by atoms with Gasteiger partial charge in [-0.25, -0.2) is 10.2 Å². The Bertz CT molecular complexity index is 627. The molecule has 2 aromatic rings. The minimum absolute atomic E-state index is 0.210. The Morgan fingerprint density at radius 1 is 1.14 bits per heavy atom. The molecule has 1 N–H and O–H groups in total. The zero-order valence-electron chi connectivity index (χ0n) is 12.4. The summed E-state index contributed by atoms with van der Waals surface area (Å²) < 4.78 is 10.5. The molecule has 0 radical (unpaired) electrons. The van der Waals surface area contributed by atoms with Gasteiger partial charge in [0.15, 0.2) is 0 Å². The summed E-state index contributed by atoms with van der Waals surface area (Å²) in [7, 11) is 0. The Balaban J connectivity index is 1.65. The Labute approximate surface area is 129 Å². The van der Waals surface area contributed by atoms with E-state index in [1.54, 1.807) is 0 Å². The fourth-order valence-electron chi connectivity index (χ4n) is 1.74. The molecular weight excluding hydrogens is 280 g/mol. The predicted molar refractivity (Wildman–Crippen MR) is 84.9 cm³/mol. The summed E-state index contributed by atoms with van der Waals surface area (Å²) in [5, 5.41) is 3.75. The number of hydrogen-bond acceptors (Lipinski definition) is 4. The van der Waals surface area contributed by atoms with Crippen molar-refractivity contribution in [2.75, 3.05) is 6.61 Å². The molecule has 0 aliphatic carbocycles. The van der Waals surface area contributed by atoms with E-state index in [4.69, 9.17) is 9.47 Å². The Hall–Kier alpha value is -2.82. The third kappa shape index (κ3) is 5.28. The van der Waals surface area contributed by atoms with Crippen molar-refractivity contribution in [2.45, 2.75) is 13.5 Å². The number of carbonyl (C=O) groups excluding carboxylic acids is 1.